The number of aromatic nitrogens is 3. The zero-order valence-electron chi connectivity index (χ0n) is 12.5. The van der Waals surface area contributed by atoms with Crippen LogP contribution in [0.1, 0.15) is 49.4 Å². The average Bonchev–Trinajstić information content (AvgIpc) is 3.18. The highest BCUT2D eigenvalue weighted by Crippen LogP contribution is 2.30. The number of aryl methyl sites for hydroxylation is 2. The summed E-state index contributed by atoms with van der Waals surface area (Å²) < 4.78 is 1.75. The van der Waals surface area contributed by atoms with Crippen molar-refractivity contribution in [3.8, 4) is 0 Å². The first-order valence-electron chi connectivity index (χ1n) is 8.07. The third-order valence-electron chi connectivity index (χ3n) is 4.78. The molecular formula is C16H20N4OS. The van der Waals surface area contributed by atoms with Gasteiger partial charge in [0.1, 0.15) is 0 Å². The van der Waals surface area contributed by atoms with Crippen LogP contribution in [-0.2, 0) is 12.8 Å². The summed E-state index contributed by atoms with van der Waals surface area (Å²) in [6, 6.07) is 2.54. The van der Waals surface area contributed by atoms with E-state index in [2.05, 4.69) is 15.4 Å². The Labute approximate surface area is 133 Å². The van der Waals surface area contributed by atoms with Gasteiger partial charge in [-0.3, -0.25) is 4.79 Å². The Morgan fingerprint density at radius 3 is 2.86 bits per heavy atom. The monoisotopic (exact) mass is 316 g/mol. The molecule has 0 amide bonds. The van der Waals surface area contributed by atoms with E-state index in [1.807, 2.05) is 17.6 Å². The minimum Gasteiger partial charge on any atom is -0.359 e. The Morgan fingerprint density at radius 2 is 2.09 bits per heavy atom. The number of hydrogen-bond donors (Lipinski definition) is 1. The van der Waals surface area contributed by atoms with Crippen molar-refractivity contribution in [2.75, 3.05) is 5.32 Å². The van der Waals surface area contributed by atoms with Gasteiger partial charge < -0.3 is 5.32 Å². The fourth-order valence-electron chi connectivity index (χ4n) is 3.61. The molecule has 1 fully saturated rings. The molecule has 6 heteroatoms. The number of fused-ring (bicyclic) bond motifs is 1. The molecule has 0 radical (unpaired) electrons. The normalized spacial score (nSPS) is 24.2. The maximum absolute atomic E-state index is 12.3. The van der Waals surface area contributed by atoms with Crippen LogP contribution < -0.4 is 10.9 Å². The summed E-state index contributed by atoms with van der Waals surface area (Å²) in [4.78, 5) is 16.6. The van der Waals surface area contributed by atoms with E-state index in [9.17, 15) is 4.79 Å². The second-order valence-corrected chi connectivity index (χ2v) is 7.13. The SMILES string of the molecule is O=c1cc2c(nn1C1CCC(Nc3nccs3)CC1)CCC2. The van der Waals surface area contributed by atoms with Crippen LogP contribution >= 0.6 is 11.3 Å². The summed E-state index contributed by atoms with van der Waals surface area (Å²) in [5, 5.41) is 11.1. The number of rotatable bonds is 3. The van der Waals surface area contributed by atoms with Crippen molar-refractivity contribution in [1.82, 2.24) is 14.8 Å². The zero-order valence-corrected chi connectivity index (χ0v) is 13.3. The minimum absolute atomic E-state index is 0.0805. The van der Waals surface area contributed by atoms with E-state index in [4.69, 9.17) is 0 Å². The summed E-state index contributed by atoms with van der Waals surface area (Å²) in [6.07, 6.45) is 9.15. The van der Waals surface area contributed by atoms with Gasteiger partial charge in [0.05, 0.1) is 11.7 Å². The van der Waals surface area contributed by atoms with Crippen molar-refractivity contribution in [3.63, 3.8) is 0 Å². The predicted molar refractivity (Wildman–Crippen MR) is 87.6 cm³/mol. The smallest absolute Gasteiger partial charge is 0.267 e. The van der Waals surface area contributed by atoms with Crippen molar-refractivity contribution in [2.24, 2.45) is 0 Å². The predicted octanol–water partition coefficient (Wildman–Crippen LogP) is 2.78. The Balaban J connectivity index is 1.44. The highest BCUT2D eigenvalue weighted by molar-refractivity contribution is 7.13. The van der Waals surface area contributed by atoms with Crippen LogP contribution in [0, 0.1) is 0 Å². The molecule has 4 rings (SSSR count). The second-order valence-electron chi connectivity index (χ2n) is 6.24. The number of hydrogen-bond acceptors (Lipinski definition) is 5. The highest BCUT2D eigenvalue weighted by Gasteiger charge is 2.25. The number of nitrogens with one attached hydrogen (secondary N) is 1. The molecule has 0 aliphatic heterocycles. The van der Waals surface area contributed by atoms with Gasteiger partial charge in [-0.05, 0) is 50.5 Å². The molecule has 2 aromatic heterocycles. The van der Waals surface area contributed by atoms with Gasteiger partial charge in [0.25, 0.3) is 5.56 Å². The first kappa shape index (κ1) is 13.9. The quantitative estimate of drug-likeness (QED) is 0.946. The molecule has 2 aromatic rings. The minimum atomic E-state index is 0.0805. The van der Waals surface area contributed by atoms with Gasteiger partial charge in [0.15, 0.2) is 5.13 Å². The standard InChI is InChI=1S/C16H20N4OS/c21-15-10-11-2-1-3-14(11)19-20(15)13-6-4-12(5-7-13)18-16-17-8-9-22-16/h8-10,12-13H,1-7H2,(H,17,18). The van der Waals surface area contributed by atoms with Crippen molar-refractivity contribution in [2.45, 2.75) is 57.0 Å². The number of nitrogens with zero attached hydrogens (tertiary/aromatic N) is 3. The zero-order chi connectivity index (χ0) is 14.9. The lowest BCUT2D eigenvalue weighted by Crippen LogP contribution is -2.33. The maximum Gasteiger partial charge on any atom is 0.267 e. The Bertz CT molecular complexity index is 701. The van der Waals surface area contributed by atoms with Gasteiger partial charge in [0, 0.05) is 23.7 Å². The van der Waals surface area contributed by atoms with Crippen molar-refractivity contribution in [3.05, 3.63) is 39.3 Å². The maximum atomic E-state index is 12.3. The van der Waals surface area contributed by atoms with Crippen LogP contribution in [0.2, 0.25) is 0 Å². The van der Waals surface area contributed by atoms with Crippen LogP contribution in [0.5, 0.6) is 0 Å². The van der Waals surface area contributed by atoms with Crippen LogP contribution in [0.15, 0.2) is 22.4 Å². The molecule has 1 N–H and O–H groups in total. The fourth-order valence-corrected chi connectivity index (χ4v) is 4.22. The fraction of sp³-hybridized carbons (Fsp3) is 0.562. The van der Waals surface area contributed by atoms with E-state index in [-0.39, 0.29) is 11.6 Å². The summed E-state index contributed by atoms with van der Waals surface area (Å²) in [5.41, 5.74) is 2.39. The lowest BCUT2D eigenvalue weighted by Gasteiger charge is -2.29. The lowest BCUT2D eigenvalue weighted by atomic mass is 9.91. The van der Waals surface area contributed by atoms with Crippen LogP contribution in [0.4, 0.5) is 5.13 Å². The molecule has 0 atom stereocenters. The van der Waals surface area contributed by atoms with E-state index in [1.165, 1.54) is 5.56 Å². The largest absolute Gasteiger partial charge is 0.359 e. The summed E-state index contributed by atoms with van der Waals surface area (Å²) in [6.45, 7) is 0. The van der Waals surface area contributed by atoms with Gasteiger partial charge in [-0.15, -0.1) is 11.3 Å². The molecule has 0 unspecified atom stereocenters. The molecule has 116 valence electrons. The van der Waals surface area contributed by atoms with E-state index in [0.29, 0.717) is 6.04 Å². The summed E-state index contributed by atoms with van der Waals surface area (Å²) in [5.74, 6) is 0. The molecular weight excluding hydrogens is 296 g/mol. The van der Waals surface area contributed by atoms with Crippen molar-refractivity contribution in [1.29, 1.82) is 0 Å². The molecule has 0 spiro atoms. The third-order valence-corrected chi connectivity index (χ3v) is 5.49. The number of thiazole rings is 1. The highest BCUT2D eigenvalue weighted by atomic mass is 32.1. The van der Waals surface area contributed by atoms with Crippen molar-refractivity contribution < 1.29 is 0 Å². The summed E-state index contributed by atoms with van der Waals surface area (Å²) in [7, 11) is 0. The molecule has 2 aliphatic carbocycles. The molecule has 0 saturated heterocycles. The van der Waals surface area contributed by atoms with Crippen molar-refractivity contribution >= 4 is 16.5 Å². The molecule has 0 bridgehead atoms. The van der Waals surface area contributed by atoms with Gasteiger partial charge in [0.2, 0.25) is 0 Å². The van der Waals surface area contributed by atoms with Gasteiger partial charge >= 0.3 is 0 Å². The Morgan fingerprint density at radius 1 is 1.23 bits per heavy atom. The van der Waals surface area contributed by atoms with E-state index in [0.717, 1.165) is 55.8 Å². The van der Waals surface area contributed by atoms with Gasteiger partial charge in [-0.2, -0.15) is 5.10 Å². The van der Waals surface area contributed by atoms with Gasteiger partial charge in [-0.25, -0.2) is 9.67 Å². The first-order chi connectivity index (χ1) is 10.8. The topological polar surface area (TPSA) is 59.8 Å². The Kier molecular flexibility index (Phi) is 3.70. The van der Waals surface area contributed by atoms with Crippen LogP contribution in [-0.4, -0.2) is 20.8 Å². The molecule has 2 aliphatic rings. The van der Waals surface area contributed by atoms with E-state index in [1.54, 1.807) is 16.0 Å². The van der Waals surface area contributed by atoms with E-state index >= 15 is 0 Å². The number of anilines is 1. The van der Waals surface area contributed by atoms with Gasteiger partial charge in [-0.1, -0.05) is 0 Å². The van der Waals surface area contributed by atoms with E-state index < -0.39 is 0 Å². The third kappa shape index (κ3) is 2.67. The summed E-state index contributed by atoms with van der Waals surface area (Å²) >= 11 is 1.64. The average molecular weight is 316 g/mol. The molecule has 22 heavy (non-hydrogen) atoms. The Hall–Kier alpha value is -1.69. The van der Waals surface area contributed by atoms with Crippen LogP contribution in [0.25, 0.3) is 0 Å². The molecule has 0 aromatic carbocycles. The molecule has 2 heterocycles. The first-order valence-corrected chi connectivity index (χ1v) is 8.95. The molecule has 5 nitrogen and oxygen atoms in total. The second kappa shape index (κ2) is 5.83. The molecule has 1 saturated carbocycles. The lowest BCUT2D eigenvalue weighted by molar-refractivity contribution is 0.302. The van der Waals surface area contributed by atoms with Crippen LogP contribution in [0.3, 0.4) is 0 Å².